The van der Waals surface area contributed by atoms with Gasteiger partial charge in [0.1, 0.15) is 17.6 Å². The molecule has 3 aromatic rings. The number of aromatic nitrogens is 2. The van der Waals surface area contributed by atoms with Crippen LogP contribution in [0.1, 0.15) is 16.1 Å². The average molecular weight is 543 g/mol. The summed E-state index contributed by atoms with van der Waals surface area (Å²) in [7, 11) is 3.28. The number of rotatable bonds is 6. The summed E-state index contributed by atoms with van der Waals surface area (Å²) in [6, 6.07) is 15.6. The number of alkyl halides is 3. The van der Waals surface area contributed by atoms with Gasteiger partial charge in [-0.3, -0.25) is 14.3 Å². The summed E-state index contributed by atoms with van der Waals surface area (Å²) in [6.45, 7) is 1.77. The number of thiocarbonyl (C=S) groups is 1. The molecule has 1 unspecified atom stereocenters. The fourth-order valence-corrected chi connectivity index (χ4v) is 3.70. The van der Waals surface area contributed by atoms with Crippen molar-refractivity contribution in [1.29, 1.82) is 0 Å². The molecule has 1 atom stereocenters. The third-order valence-electron chi connectivity index (χ3n) is 5.02. The van der Waals surface area contributed by atoms with Crippen molar-refractivity contribution in [3.63, 3.8) is 0 Å². The minimum Gasteiger partial charge on any atom is -0.497 e. The monoisotopic (exact) mass is 541 g/mol. The number of halogens is 3. The Kier molecular flexibility index (Phi) is 8.14. The molecular weight excluding hydrogens is 521 g/mol. The summed E-state index contributed by atoms with van der Waals surface area (Å²) >= 11 is 23.6. The van der Waals surface area contributed by atoms with Crippen LogP contribution in [0.5, 0.6) is 5.75 Å². The van der Waals surface area contributed by atoms with Crippen LogP contribution in [0.2, 0.25) is 0 Å². The number of benzene rings is 2. The summed E-state index contributed by atoms with van der Waals surface area (Å²) in [5, 5.41) is 8.20. The van der Waals surface area contributed by atoms with E-state index in [9.17, 15) is 9.59 Å². The molecular formula is C22H22Cl3N5O3S. The van der Waals surface area contributed by atoms with Crippen molar-refractivity contribution in [2.45, 2.75) is 16.9 Å². The number of ether oxygens (including phenoxy) is 1. The number of nitrogens with one attached hydrogen (secondary N) is 3. The molecule has 0 saturated carbocycles. The van der Waals surface area contributed by atoms with E-state index in [1.807, 2.05) is 30.3 Å². The van der Waals surface area contributed by atoms with Gasteiger partial charge in [0.05, 0.1) is 18.5 Å². The molecule has 0 radical (unpaired) electrons. The maximum absolute atomic E-state index is 13.1. The second-order valence-corrected chi connectivity index (χ2v) is 9.99. The number of carbonyl (C=O) groups is 1. The summed E-state index contributed by atoms with van der Waals surface area (Å²) < 4.78 is 6.33. The topological polar surface area (TPSA) is 89.3 Å². The van der Waals surface area contributed by atoms with Crippen molar-refractivity contribution in [3.8, 4) is 11.4 Å². The van der Waals surface area contributed by atoms with Crippen LogP contribution in [-0.4, -0.2) is 37.5 Å². The Morgan fingerprint density at radius 1 is 1.06 bits per heavy atom. The van der Waals surface area contributed by atoms with Crippen molar-refractivity contribution in [2.24, 2.45) is 7.05 Å². The molecule has 3 N–H and O–H groups in total. The third-order valence-corrected chi connectivity index (χ3v) is 5.90. The first-order chi connectivity index (χ1) is 16.0. The third kappa shape index (κ3) is 5.85. The summed E-state index contributed by atoms with van der Waals surface area (Å²) in [6.07, 6.45) is -1.20. The van der Waals surface area contributed by atoms with Crippen LogP contribution in [0.15, 0.2) is 59.4 Å². The predicted molar refractivity (Wildman–Crippen MR) is 140 cm³/mol. The molecule has 0 aliphatic rings. The van der Waals surface area contributed by atoms with Crippen LogP contribution in [0, 0.1) is 6.92 Å². The van der Waals surface area contributed by atoms with Gasteiger partial charge in [0.25, 0.3) is 11.5 Å². The number of methoxy groups -OCH3 is 1. The summed E-state index contributed by atoms with van der Waals surface area (Å²) in [4.78, 5) is 25.7. The quantitative estimate of drug-likeness (QED) is 0.249. The lowest BCUT2D eigenvalue weighted by atomic mass is 10.2. The largest absolute Gasteiger partial charge is 0.497 e. The number of para-hydroxylation sites is 1. The van der Waals surface area contributed by atoms with Crippen LogP contribution in [0.25, 0.3) is 5.69 Å². The zero-order valence-corrected chi connectivity index (χ0v) is 21.5. The highest BCUT2D eigenvalue weighted by Crippen LogP contribution is 2.29. The van der Waals surface area contributed by atoms with Gasteiger partial charge in [-0.25, -0.2) is 4.68 Å². The van der Waals surface area contributed by atoms with E-state index < -0.39 is 15.9 Å². The smallest absolute Gasteiger partial charge is 0.295 e. The second-order valence-electron chi connectivity index (χ2n) is 7.21. The minimum absolute atomic E-state index is 0.0163. The first kappa shape index (κ1) is 25.9. The van der Waals surface area contributed by atoms with E-state index in [1.165, 1.54) is 11.8 Å². The Labute approximate surface area is 216 Å². The molecule has 12 heteroatoms. The molecule has 0 fully saturated rings. The molecule has 1 heterocycles. The molecule has 0 aliphatic heterocycles. The van der Waals surface area contributed by atoms with Gasteiger partial charge in [-0.2, -0.15) is 0 Å². The zero-order valence-electron chi connectivity index (χ0n) is 18.4. The lowest BCUT2D eigenvalue weighted by Crippen LogP contribution is -2.56. The van der Waals surface area contributed by atoms with Crippen molar-refractivity contribution in [2.75, 3.05) is 12.4 Å². The number of hydrogen-bond donors (Lipinski definition) is 3. The molecule has 0 bridgehead atoms. The molecule has 0 aliphatic carbocycles. The van der Waals surface area contributed by atoms with Crippen LogP contribution in [-0.2, 0) is 7.05 Å². The first-order valence-corrected chi connectivity index (χ1v) is 11.5. The fraction of sp³-hybridized carbons (Fsp3) is 0.227. The van der Waals surface area contributed by atoms with E-state index in [4.69, 9.17) is 51.8 Å². The van der Waals surface area contributed by atoms with Crippen LogP contribution in [0.4, 0.5) is 5.69 Å². The second kappa shape index (κ2) is 10.7. The Bertz CT molecular complexity index is 1240. The lowest BCUT2D eigenvalue weighted by Gasteiger charge is -2.27. The van der Waals surface area contributed by atoms with Crippen LogP contribution >= 0.6 is 47.0 Å². The Balaban J connectivity index is 1.78. The van der Waals surface area contributed by atoms with Crippen LogP contribution < -0.4 is 26.2 Å². The van der Waals surface area contributed by atoms with E-state index in [-0.39, 0.29) is 16.4 Å². The van der Waals surface area contributed by atoms with E-state index in [2.05, 4.69) is 16.0 Å². The van der Waals surface area contributed by atoms with Gasteiger partial charge in [-0.1, -0.05) is 53.0 Å². The van der Waals surface area contributed by atoms with Crippen molar-refractivity contribution in [1.82, 2.24) is 20.0 Å². The van der Waals surface area contributed by atoms with Crippen molar-refractivity contribution >= 4 is 63.7 Å². The molecule has 180 valence electrons. The molecule has 0 saturated heterocycles. The van der Waals surface area contributed by atoms with E-state index >= 15 is 0 Å². The van der Waals surface area contributed by atoms with E-state index in [0.717, 1.165) is 0 Å². The normalized spacial score (nSPS) is 12.1. The molecule has 1 aromatic heterocycles. The fourth-order valence-electron chi connectivity index (χ4n) is 3.15. The van der Waals surface area contributed by atoms with Crippen LogP contribution in [0.3, 0.4) is 0 Å². The maximum atomic E-state index is 13.1. The van der Waals surface area contributed by atoms with Gasteiger partial charge >= 0.3 is 0 Å². The number of anilines is 1. The molecule has 2 aromatic carbocycles. The molecule has 3 rings (SSSR count). The number of carbonyl (C=O) groups excluding carboxylic acids is 1. The van der Waals surface area contributed by atoms with Crippen molar-refractivity contribution < 1.29 is 9.53 Å². The van der Waals surface area contributed by atoms with Crippen molar-refractivity contribution in [3.05, 3.63) is 76.2 Å². The van der Waals surface area contributed by atoms with Gasteiger partial charge in [0, 0.05) is 12.6 Å². The molecule has 34 heavy (non-hydrogen) atoms. The Morgan fingerprint density at radius 2 is 1.68 bits per heavy atom. The van der Waals surface area contributed by atoms with Gasteiger partial charge in [0.15, 0.2) is 5.11 Å². The summed E-state index contributed by atoms with van der Waals surface area (Å²) in [5.74, 6) is 0.0916. The Morgan fingerprint density at radius 3 is 2.24 bits per heavy atom. The number of nitrogens with zero attached hydrogens (tertiary/aromatic N) is 2. The molecule has 8 nitrogen and oxygen atoms in total. The SMILES string of the molecule is COc1ccc(C(=O)NC(NC(=S)Nc2c(C)n(C)n(-c3ccccc3)c2=O)C(Cl)(Cl)Cl)cc1. The highest BCUT2D eigenvalue weighted by Gasteiger charge is 2.35. The minimum atomic E-state index is -1.95. The first-order valence-electron chi connectivity index (χ1n) is 9.96. The molecule has 1 amide bonds. The average Bonchev–Trinajstić information content (AvgIpc) is 3.01. The van der Waals surface area contributed by atoms with Gasteiger partial charge in [0.2, 0.25) is 3.79 Å². The number of amides is 1. The highest BCUT2D eigenvalue weighted by molar-refractivity contribution is 7.80. The summed E-state index contributed by atoms with van der Waals surface area (Å²) in [5.41, 5.74) is 1.57. The van der Waals surface area contributed by atoms with Gasteiger partial charge in [-0.05, 0) is 55.5 Å². The lowest BCUT2D eigenvalue weighted by molar-refractivity contribution is 0.0934. The standard InChI is InChI=1S/C22H22Cl3N5O3S/c1-13-17(19(32)30(29(13)2)15-7-5-4-6-8-15)26-21(34)28-20(22(23,24)25)27-18(31)14-9-11-16(33-3)12-10-14/h4-12,20H,1-3H3,(H,27,31)(H2,26,28,34). The highest BCUT2D eigenvalue weighted by atomic mass is 35.6. The maximum Gasteiger partial charge on any atom is 0.295 e. The van der Waals surface area contributed by atoms with E-state index in [0.29, 0.717) is 22.7 Å². The zero-order chi connectivity index (χ0) is 25.0. The van der Waals surface area contributed by atoms with Gasteiger partial charge < -0.3 is 20.7 Å². The van der Waals surface area contributed by atoms with Gasteiger partial charge in [-0.15, -0.1) is 0 Å². The Hall–Kier alpha value is -2.72. The number of hydrogen-bond acceptors (Lipinski definition) is 4. The molecule has 0 spiro atoms. The van der Waals surface area contributed by atoms with E-state index in [1.54, 1.807) is 42.9 Å². The predicted octanol–water partition coefficient (Wildman–Crippen LogP) is 3.91.